The van der Waals surface area contributed by atoms with Crippen LogP contribution in [0.3, 0.4) is 0 Å². The smallest absolute Gasteiger partial charge is 0.141 e. The number of hydrogen-bond donors (Lipinski definition) is 0. The molecular formula is C12H15BrClFO. The molecule has 0 bridgehead atoms. The Hall–Kier alpha value is -0.280. The third kappa shape index (κ3) is 2.89. The van der Waals surface area contributed by atoms with E-state index in [1.807, 2.05) is 0 Å². The van der Waals surface area contributed by atoms with Gasteiger partial charge in [0.1, 0.15) is 11.6 Å². The van der Waals surface area contributed by atoms with E-state index in [0.717, 1.165) is 12.0 Å². The second kappa shape index (κ2) is 5.37. The maximum Gasteiger partial charge on any atom is 0.141 e. The first-order valence-corrected chi connectivity index (χ1v) is 6.34. The van der Waals surface area contributed by atoms with Crippen LogP contribution in [0.2, 0.25) is 0 Å². The first-order chi connectivity index (χ1) is 7.42. The zero-order chi connectivity index (χ0) is 12.3. The molecule has 0 radical (unpaired) electrons. The second-order valence-electron chi connectivity index (χ2n) is 4.29. The predicted octanol–water partition coefficient (Wildman–Crippen LogP) is 4.50. The first kappa shape index (κ1) is 13.8. The molecule has 16 heavy (non-hydrogen) atoms. The third-order valence-electron chi connectivity index (χ3n) is 2.69. The first-order valence-electron chi connectivity index (χ1n) is 5.02. The normalized spacial score (nSPS) is 11.6. The van der Waals surface area contributed by atoms with Gasteiger partial charge in [0.15, 0.2) is 0 Å². The minimum atomic E-state index is -0.317. The Morgan fingerprint density at radius 3 is 2.56 bits per heavy atom. The highest BCUT2D eigenvalue weighted by atomic mass is 79.9. The Kier molecular flexibility index (Phi) is 4.62. The van der Waals surface area contributed by atoms with Gasteiger partial charge in [-0.1, -0.05) is 13.8 Å². The van der Waals surface area contributed by atoms with Crippen LogP contribution in [0.5, 0.6) is 5.75 Å². The molecule has 0 spiro atoms. The molecule has 0 amide bonds. The molecule has 0 saturated carbocycles. The van der Waals surface area contributed by atoms with Crippen LogP contribution >= 0.6 is 27.5 Å². The number of ether oxygens (including phenoxy) is 1. The number of methoxy groups -OCH3 is 1. The molecule has 0 fully saturated rings. The van der Waals surface area contributed by atoms with Crippen LogP contribution in [0.25, 0.3) is 0 Å². The van der Waals surface area contributed by atoms with Gasteiger partial charge in [0.2, 0.25) is 0 Å². The van der Waals surface area contributed by atoms with Crippen LogP contribution in [0.15, 0.2) is 16.6 Å². The van der Waals surface area contributed by atoms with E-state index in [1.165, 1.54) is 6.07 Å². The second-order valence-corrected chi connectivity index (χ2v) is 5.52. The van der Waals surface area contributed by atoms with Crippen LogP contribution in [-0.4, -0.2) is 13.0 Å². The molecule has 0 aliphatic carbocycles. The van der Waals surface area contributed by atoms with Crippen molar-refractivity contribution in [2.75, 3.05) is 13.0 Å². The molecule has 0 saturated heterocycles. The lowest BCUT2D eigenvalue weighted by Gasteiger charge is -2.26. The van der Waals surface area contributed by atoms with E-state index in [-0.39, 0.29) is 11.2 Å². The lowest BCUT2D eigenvalue weighted by atomic mass is 9.81. The number of hydrogen-bond acceptors (Lipinski definition) is 1. The zero-order valence-electron chi connectivity index (χ0n) is 9.61. The summed E-state index contributed by atoms with van der Waals surface area (Å²) in [6, 6.07) is 3.16. The predicted molar refractivity (Wildman–Crippen MR) is 69.0 cm³/mol. The average Bonchev–Trinajstić information content (AvgIpc) is 2.21. The Balaban J connectivity index is 3.26. The fraction of sp³-hybridized carbons (Fsp3) is 0.500. The van der Waals surface area contributed by atoms with E-state index in [1.54, 1.807) is 13.2 Å². The minimum absolute atomic E-state index is 0.136. The fourth-order valence-electron chi connectivity index (χ4n) is 1.60. The summed E-state index contributed by atoms with van der Waals surface area (Å²) in [5, 5.41) is 0. The number of rotatable bonds is 4. The van der Waals surface area contributed by atoms with Gasteiger partial charge < -0.3 is 4.74 Å². The maximum atomic E-state index is 13.4. The summed E-state index contributed by atoms with van der Waals surface area (Å²) < 4.78 is 19.0. The van der Waals surface area contributed by atoms with Crippen molar-refractivity contribution in [3.63, 3.8) is 0 Å². The topological polar surface area (TPSA) is 9.23 Å². The monoisotopic (exact) mass is 308 g/mol. The van der Waals surface area contributed by atoms with Gasteiger partial charge in [-0.3, -0.25) is 0 Å². The summed E-state index contributed by atoms with van der Waals surface area (Å²) in [5.74, 6) is 0.809. The molecular weight excluding hydrogens is 294 g/mol. The Labute approximate surface area is 109 Å². The van der Waals surface area contributed by atoms with Gasteiger partial charge in [-0.2, -0.15) is 0 Å². The van der Waals surface area contributed by atoms with Gasteiger partial charge in [0.05, 0.1) is 11.6 Å². The largest absolute Gasteiger partial charge is 0.496 e. The van der Waals surface area contributed by atoms with Crippen molar-refractivity contribution >= 4 is 27.5 Å². The van der Waals surface area contributed by atoms with Gasteiger partial charge in [-0.05, 0) is 33.8 Å². The molecule has 0 aromatic heterocycles. The van der Waals surface area contributed by atoms with E-state index >= 15 is 0 Å². The van der Waals surface area contributed by atoms with Gasteiger partial charge in [-0.15, -0.1) is 11.6 Å². The Morgan fingerprint density at radius 1 is 1.44 bits per heavy atom. The van der Waals surface area contributed by atoms with Crippen LogP contribution in [0.4, 0.5) is 4.39 Å². The summed E-state index contributed by atoms with van der Waals surface area (Å²) in [6.45, 7) is 4.13. The highest BCUT2D eigenvalue weighted by Gasteiger charge is 2.25. The lowest BCUT2D eigenvalue weighted by Crippen LogP contribution is -2.19. The van der Waals surface area contributed by atoms with Gasteiger partial charge in [0, 0.05) is 17.5 Å². The van der Waals surface area contributed by atoms with Crippen molar-refractivity contribution in [2.24, 2.45) is 0 Å². The number of halogens is 3. The molecule has 1 nitrogen and oxygen atoms in total. The molecule has 0 heterocycles. The summed E-state index contributed by atoms with van der Waals surface area (Å²) in [4.78, 5) is 0. The van der Waals surface area contributed by atoms with Crippen molar-refractivity contribution in [1.82, 2.24) is 0 Å². The molecule has 0 aliphatic heterocycles. The fourth-order valence-corrected chi connectivity index (χ4v) is 2.41. The molecule has 1 aromatic rings. The van der Waals surface area contributed by atoms with E-state index in [4.69, 9.17) is 16.3 Å². The van der Waals surface area contributed by atoms with E-state index in [0.29, 0.717) is 16.1 Å². The van der Waals surface area contributed by atoms with Crippen molar-refractivity contribution in [1.29, 1.82) is 0 Å². The quantitative estimate of drug-likeness (QED) is 0.744. The van der Waals surface area contributed by atoms with E-state index in [2.05, 4.69) is 29.8 Å². The summed E-state index contributed by atoms with van der Waals surface area (Å²) in [6.07, 6.45) is 0.809. The molecule has 0 unspecified atom stereocenters. The molecule has 0 aliphatic rings. The molecule has 1 rings (SSSR count). The van der Waals surface area contributed by atoms with Crippen LogP contribution in [-0.2, 0) is 5.41 Å². The summed E-state index contributed by atoms with van der Waals surface area (Å²) in [7, 11) is 1.54. The standard InChI is InChI=1S/C12H15BrClFO/c1-12(2,4-5-14)8-6-9(13)10(15)7-11(8)16-3/h6-7H,4-5H2,1-3H3. The minimum Gasteiger partial charge on any atom is -0.496 e. The highest BCUT2D eigenvalue weighted by Crippen LogP contribution is 2.37. The van der Waals surface area contributed by atoms with Gasteiger partial charge >= 0.3 is 0 Å². The number of alkyl halides is 1. The lowest BCUT2D eigenvalue weighted by molar-refractivity contribution is 0.386. The number of benzene rings is 1. The van der Waals surface area contributed by atoms with Crippen molar-refractivity contribution in [3.05, 3.63) is 28.0 Å². The van der Waals surface area contributed by atoms with E-state index in [9.17, 15) is 4.39 Å². The maximum absolute atomic E-state index is 13.4. The molecule has 90 valence electrons. The summed E-state index contributed by atoms with van der Waals surface area (Å²) >= 11 is 8.97. The molecule has 0 atom stereocenters. The SMILES string of the molecule is COc1cc(F)c(Br)cc1C(C)(C)CCCl. The zero-order valence-corrected chi connectivity index (χ0v) is 12.0. The van der Waals surface area contributed by atoms with Crippen LogP contribution in [0, 0.1) is 5.82 Å². The van der Waals surface area contributed by atoms with Gasteiger partial charge in [-0.25, -0.2) is 4.39 Å². The molecule has 1 aromatic carbocycles. The van der Waals surface area contributed by atoms with Crippen LogP contribution < -0.4 is 4.74 Å². The van der Waals surface area contributed by atoms with E-state index < -0.39 is 0 Å². The average molecular weight is 310 g/mol. The Morgan fingerprint density at radius 2 is 2.06 bits per heavy atom. The van der Waals surface area contributed by atoms with Gasteiger partial charge in [0.25, 0.3) is 0 Å². The van der Waals surface area contributed by atoms with Crippen molar-refractivity contribution in [2.45, 2.75) is 25.7 Å². The van der Waals surface area contributed by atoms with Crippen LogP contribution in [0.1, 0.15) is 25.8 Å². The van der Waals surface area contributed by atoms with Crippen molar-refractivity contribution in [3.8, 4) is 5.75 Å². The summed E-state index contributed by atoms with van der Waals surface area (Å²) in [5.41, 5.74) is 0.826. The molecule has 4 heteroatoms. The highest BCUT2D eigenvalue weighted by molar-refractivity contribution is 9.10. The van der Waals surface area contributed by atoms with Crippen molar-refractivity contribution < 1.29 is 9.13 Å². The molecule has 0 N–H and O–H groups in total. The Bertz CT molecular complexity index is 380. The third-order valence-corrected chi connectivity index (χ3v) is 3.49.